The van der Waals surface area contributed by atoms with E-state index in [1.54, 1.807) is 7.11 Å². The van der Waals surface area contributed by atoms with Gasteiger partial charge in [0.1, 0.15) is 5.82 Å². The number of likely N-dealkylation sites (tertiary alicyclic amines) is 1. The van der Waals surface area contributed by atoms with E-state index in [1.165, 1.54) is 0 Å². The van der Waals surface area contributed by atoms with Crippen LogP contribution in [-0.4, -0.2) is 46.2 Å². The lowest BCUT2D eigenvalue weighted by Gasteiger charge is -2.32. The van der Waals surface area contributed by atoms with Crippen LogP contribution in [0, 0.1) is 0 Å². The average Bonchev–Trinajstić information content (AvgIpc) is 3.34. The predicted molar refractivity (Wildman–Crippen MR) is 126 cm³/mol. The van der Waals surface area contributed by atoms with Crippen molar-refractivity contribution in [1.82, 2.24) is 14.5 Å². The fraction of sp³-hybridized carbons (Fsp3) is 0.462. The number of methoxy groups -OCH3 is 1. The first-order chi connectivity index (χ1) is 15.4. The van der Waals surface area contributed by atoms with Crippen LogP contribution in [0.2, 0.25) is 0 Å². The molecular formula is C26H33N3O3. The van der Waals surface area contributed by atoms with Gasteiger partial charge in [0.15, 0.2) is 11.5 Å². The fourth-order valence-electron chi connectivity index (χ4n) is 4.46. The van der Waals surface area contributed by atoms with E-state index < -0.39 is 0 Å². The van der Waals surface area contributed by atoms with E-state index in [-0.39, 0.29) is 17.4 Å². The largest absolute Gasteiger partial charge is 0.493 e. The van der Waals surface area contributed by atoms with Gasteiger partial charge in [-0.15, -0.1) is 0 Å². The maximum absolute atomic E-state index is 12.7. The lowest BCUT2D eigenvalue weighted by atomic mass is 10.1. The Morgan fingerprint density at radius 3 is 2.47 bits per heavy atom. The SMILES string of the molecule is COc1ccccc1OCCCCn1c([C@H]2CC(=O)N(C(C)(C)C)C2)nc2ccccc21. The zero-order chi connectivity index (χ0) is 22.7. The molecule has 0 bridgehead atoms. The second kappa shape index (κ2) is 9.23. The number of carbonyl (C=O) groups excluding carboxylic acids is 1. The van der Waals surface area contributed by atoms with Gasteiger partial charge in [0.05, 0.1) is 24.8 Å². The molecule has 0 unspecified atom stereocenters. The van der Waals surface area contributed by atoms with E-state index in [0.717, 1.165) is 54.3 Å². The monoisotopic (exact) mass is 435 g/mol. The van der Waals surface area contributed by atoms with Crippen LogP contribution >= 0.6 is 0 Å². The minimum absolute atomic E-state index is 0.124. The third-order valence-electron chi connectivity index (χ3n) is 6.09. The zero-order valence-corrected chi connectivity index (χ0v) is 19.5. The first-order valence-electron chi connectivity index (χ1n) is 11.4. The highest BCUT2D eigenvalue weighted by atomic mass is 16.5. The Morgan fingerprint density at radius 1 is 1.03 bits per heavy atom. The predicted octanol–water partition coefficient (Wildman–Crippen LogP) is 5.02. The first-order valence-corrected chi connectivity index (χ1v) is 11.4. The van der Waals surface area contributed by atoms with Gasteiger partial charge >= 0.3 is 0 Å². The summed E-state index contributed by atoms with van der Waals surface area (Å²) >= 11 is 0. The number of aryl methyl sites for hydroxylation is 1. The first kappa shape index (κ1) is 22.2. The van der Waals surface area contributed by atoms with Gasteiger partial charge in [0.25, 0.3) is 0 Å². The molecule has 2 aromatic carbocycles. The van der Waals surface area contributed by atoms with Gasteiger partial charge in [-0.25, -0.2) is 4.98 Å². The number of rotatable bonds is 8. The van der Waals surface area contributed by atoms with Crippen molar-refractivity contribution in [3.8, 4) is 11.5 Å². The Hall–Kier alpha value is -3.02. The summed E-state index contributed by atoms with van der Waals surface area (Å²) in [6.45, 7) is 8.49. The van der Waals surface area contributed by atoms with E-state index in [0.29, 0.717) is 13.0 Å². The van der Waals surface area contributed by atoms with Crippen molar-refractivity contribution in [3.63, 3.8) is 0 Å². The van der Waals surface area contributed by atoms with Crippen molar-refractivity contribution in [1.29, 1.82) is 0 Å². The minimum Gasteiger partial charge on any atom is -0.493 e. The highest BCUT2D eigenvalue weighted by Gasteiger charge is 2.38. The number of hydrogen-bond acceptors (Lipinski definition) is 4. The molecule has 1 atom stereocenters. The molecule has 6 heteroatoms. The van der Waals surface area contributed by atoms with Crippen molar-refractivity contribution in [3.05, 3.63) is 54.4 Å². The Bertz CT molecular complexity index is 1080. The van der Waals surface area contributed by atoms with Crippen LogP contribution in [0.1, 0.15) is 51.8 Å². The molecule has 0 spiro atoms. The molecule has 1 aliphatic rings. The maximum atomic E-state index is 12.7. The molecule has 6 nitrogen and oxygen atoms in total. The molecule has 170 valence electrons. The Kier molecular flexibility index (Phi) is 6.40. The maximum Gasteiger partial charge on any atom is 0.223 e. The number of benzene rings is 2. The number of fused-ring (bicyclic) bond motifs is 1. The Morgan fingerprint density at radius 2 is 1.75 bits per heavy atom. The number of nitrogens with zero attached hydrogens (tertiary/aromatic N) is 3. The summed E-state index contributed by atoms with van der Waals surface area (Å²) in [6, 6.07) is 16.0. The Labute approximate surface area is 190 Å². The molecule has 0 aliphatic carbocycles. The molecule has 1 saturated heterocycles. The van der Waals surface area contributed by atoms with Crippen molar-refractivity contribution in [2.75, 3.05) is 20.3 Å². The summed E-state index contributed by atoms with van der Waals surface area (Å²) in [4.78, 5) is 19.6. The molecule has 4 rings (SSSR count). The van der Waals surface area contributed by atoms with Crippen LogP contribution in [0.5, 0.6) is 11.5 Å². The summed E-state index contributed by atoms with van der Waals surface area (Å²) in [5, 5.41) is 0. The average molecular weight is 436 g/mol. The molecule has 0 saturated carbocycles. The van der Waals surface area contributed by atoms with Crippen molar-refractivity contribution < 1.29 is 14.3 Å². The van der Waals surface area contributed by atoms with E-state index in [2.05, 4.69) is 43.5 Å². The van der Waals surface area contributed by atoms with Gasteiger partial charge in [0.2, 0.25) is 5.91 Å². The van der Waals surface area contributed by atoms with Crippen molar-refractivity contribution in [2.45, 2.75) is 58.0 Å². The van der Waals surface area contributed by atoms with Crippen LogP contribution in [0.15, 0.2) is 48.5 Å². The topological polar surface area (TPSA) is 56.6 Å². The summed E-state index contributed by atoms with van der Waals surface area (Å²) in [5.41, 5.74) is 1.96. The highest BCUT2D eigenvalue weighted by Crippen LogP contribution is 2.34. The third kappa shape index (κ3) is 4.59. The number of para-hydroxylation sites is 4. The van der Waals surface area contributed by atoms with Crippen LogP contribution < -0.4 is 9.47 Å². The van der Waals surface area contributed by atoms with E-state index in [1.807, 2.05) is 35.2 Å². The molecule has 0 N–H and O–H groups in total. The quantitative estimate of drug-likeness (QED) is 0.466. The molecule has 1 aliphatic heterocycles. The molecule has 1 aromatic heterocycles. The van der Waals surface area contributed by atoms with Gasteiger partial charge in [-0.3, -0.25) is 4.79 Å². The van der Waals surface area contributed by atoms with Crippen LogP contribution in [0.25, 0.3) is 11.0 Å². The molecule has 32 heavy (non-hydrogen) atoms. The van der Waals surface area contributed by atoms with Crippen LogP contribution in [-0.2, 0) is 11.3 Å². The van der Waals surface area contributed by atoms with Gasteiger partial charge in [-0.05, 0) is 57.9 Å². The number of amides is 1. The molecular weight excluding hydrogens is 402 g/mol. The second-order valence-corrected chi connectivity index (χ2v) is 9.39. The summed E-state index contributed by atoms with van der Waals surface area (Å²) < 4.78 is 13.6. The van der Waals surface area contributed by atoms with Crippen LogP contribution in [0.3, 0.4) is 0 Å². The van der Waals surface area contributed by atoms with E-state index >= 15 is 0 Å². The smallest absolute Gasteiger partial charge is 0.223 e. The molecule has 1 amide bonds. The normalized spacial score (nSPS) is 16.7. The van der Waals surface area contributed by atoms with Gasteiger partial charge < -0.3 is 18.9 Å². The van der Waals surface area contributed by atoms with Crippen molar-refractivity contribution >= 4 is 16.9 Å². The molecule has 1 fully saturated rings. The molecule has 3 aromatic rings. The van der Waals surface area contributed by atoms with Gasteiger partial charge in [-0.2, -0.15) is 0 Å². The second-order valence-electron chi connectivity index (χ2n) is 9.39. The van der Waals surface area contributed by atoms with Gasteiger partial charge in [-0.1, -0.05) is 24.3 Å². The van der Waals surface area contributed by atoms with E-state index in [9.17, 15) is 4.79 Å². The zero-order valence-electron chi connectivity index (χ0n) is 19.5. The number of unbranched alkanes of at least 4 members (excludes halogenated alkanes) is 1. The summed E-state index contributed by atoms with van der Waals surface area (Å²) in [7, 11) is 1.66. The summed E-state index contributed by atoms with van der Waals surface area (Å²) in [6.07, 6.45) is 2.41. The Balaban J connectivity index is 1.45. The fourth-order valence-corrected chi connectivity index (χ4v) is 4.46. The van der Waals surface area contributed by atoms with Crippen molar-refractivity contribution in [2.24, 2.45) is 0 Å². The molecule has 0 radical (unpaired) electrons. The number of hydrogen-bond donors (Lipinski definition) is 0. The lowest BCUT2D eigenvalue weighted by Crippen LogP contribution is -2.42. The number of carbonyl (C=O) groups is 1. The number of ether oxygens (including phenoxy) is 2. The van der Waals surface area contributed by atoms with Crippen LogP contribution in [0.4, 0.5) is 0 Å². The minimum atomic E-state index is -0.168. The molecule has 2 heterocycles. The summed E-state index contributed by atoms with van der Waals surface area (Å²) in [5.74, 6) is 2.89. The number of aromatic nitrogens is 2. The number of imidazole rings is 1. The van der Waals surface area contributed by atoms with E-state index in [4.69, 9.17) is 14.5 Å². The van der Waals surface area contributed by atoms with Gasteiger partial charge in [0, 0.05) is 31.0 Å². The third-order valence-corrected chi connectivity index (χ3v) is 6.09. The standard InChI is InChI=1S/C26H33N3O3/c1-26(2,3)29-18-19(17-24(29)30)25-27-20-11-5-6-12-21(20)28(25)15-9-10-16-32-23-14-8-7-13-22(23)31-4/h5-8,11-14,19H,9-10,15-18H2,1-4H3/t19-/m0/s1. The lowest BCUT2D eigenvalue weighted by molar-refractivity contribution is -0.131. The highest BCUT2D eigenvalue weighted by molar-refractivity contribution is 5.81.